The fourth-order valence-electron chi connectivity index (χ4n) is 2.17. The average Bonchev–Trinajstić information content (AvgIpc) is 3.00. The van der Waals surface area contributed by atoms with Gasteiger partial charge in [-0.2, -0.15) is 0 Å². The molecule has 25 heavy (non-hydrogen) atoms. The van der Waals surface area contributed by atoms with Gasteiger partial charge in [-0.1, -0.05) is 11.2 Å². The highest BCUT2D eigenvalue weighted by Crippen LogP contribution is 2.27. The number of amides is 1. The van der Waals surface area contributed by atoms with Crippen LogP contribution in [0.15, 0.2) is 41.2 Å². The van der Waals surface area contributed by atoms with E-state index in [1.54, 1.807) is 20.1 Å². The molecule has 0 aliphatic rings. The molecule has 0 spiro atoms. The lowest BCUT2D eigenvalue weighted by atomic mass is 10.2. The molecule has 2 N–H and O–H groups in total. The van der Waals surface area contributed by atoms with Crippen LogP contribution in [-0.4, -0.2) is 28.1 Å². The third kappa shape index (κ3) is 3.92. The van der Waals surface area contributed by atoms with Crippen LogP contribution in [0.2, 0.25) is 0 Å². The Kier molecular flexibility index (Phi) is 4.60. The third-order valence-electron chi connectivity index (χ3n) is 3.37. The SMILES string of the molecule is COc1ccc(C)cc1Nc1cnc(C(=O)Nc2cc(C)on2)cn1. The fourth-order valence-corrected chi connectivity index (χ4v) is 2.17. The van der Waals surface area contributed by atoms with E-state index in [1.165, 1.54) is 12.4 Å². The molecule has 1 amide bonds. The van der Waals surface area contributed by atoms with Gasteiger partial charge in [-0.15, -0.1) is 0 Å². The Balaban J connectivity index is 1.72. The van der Waals surface area contributed by atoms with E-state index in [9.17, 15) is 4.79 Å². The van der Waals surface area contributed by atoms with Crippen LogP contribution >= 0.6 is 0 Å². The highest BCUT2D eigenvalue weighted by Gasteiger charge is 2.11. The second-order valence-corrected chi connectivity index (χ2v) is 5.39. The summed E-state index contributed by atoms with van der Waals surface area (Å²) in [5.74, 6) is 1.71. The first-order valence-electron chi connectivity index (χ1n) is 7.53. The average molecular weight is 339 g/mol. The smallest absolute Gasteiger partial charge is 0.277 e. The molecule has 2 aromatic heterocycles. The van der Waals surface area contributed by atoms with Crippen LogP contribution in [0.4, 0.5) is 17.3 Å². The molecule has 0 atom stereocenters. The summed E-state index contributed by atoms with van der Waals surface area (Å²) in [5, 5.41) is 9.41. The van der Waals surface area contributed by atoms with Gasteiger partial charge in [0.2, 0.25) is 0 Å². The molecule has 128 valence electrons. The first-order chi connectivity index (χ1) is 12.0. The number of hydrogen-bond acceptors (Lipinski definition) is 7. The molecule has 8 nitrogen and oxygen atoms in total. The zero-order chi connectivity index (χ0) is 17.8. The van der Waals surface area contributed by atoms with Gasteiger partial charge < -0.3 is 19.9 Å². The highest BCUT2D eigenvalue weighted by molar-refractivity contribution is 6.02. The number of aryl methyl sites for hydroxylation is 2. The van der Waals surface area contributed by atoms with E-state index in [2.05, 4.69) is 25.8 Å². The number of methoxy groups -OCH3 is 1. The Morgan fingerprint density at radius 2 is 1.96 bits per heavy atom. The van der Waals surface area contributed by atoms with Gasteiger partial charge in [0.1, 0.15) is 23.0 Å². The van der Waals surface area contributed by atoms with Crippen LogP contribution in [0.5, 0.6) is 5.75 Å². The molecule has 3 rings (SSSR count). The maximum atomic E-state index is 12.1. The predicted octanol–water partition coefficient (Wildman–Crippen LogP) is 3.09. The van der Waals surface area contributed by atoms with Gasteiger partial charge in [-0.25, -0.2) is 9.97 Å². The Morgan fingerprint density at radius 3 is 2.60 bits per heavy atom. The van der Waals surface area contributed by atoms with Crippen molar-refractivity contribution >= 4 is 23.2 Å². The molecule has 0 aliphatic heterocycles. The number of carbonyl (C=O) groups is 1. The van der Waals surface area contributed by atoms with Crippen molar-refractivity contribution in [3.63, 3.8) is 0 Å². The van der Waals surface area contributed by atoms with Crippen LogP contribution in [0.1, 0.15) is 21.8 Å². The Morgan fingerprint density at radius 1 is 1.12 bits per heavy atom. The Labute approximate surface area is 144 Å². The molecule has 0 saturated carbocycles. The quantitative estimate of drug-likeness (QED) is 0.736. The summed E-state index contributed by atoms with van der Waals surface area (Å²) in [6.07, 6.45) is 2.86. The third-order valence-corrected chi connectivity index (χ3v) is 3.37. The van der Waals surface area contributed by atoms with Gasteiger partial charge in [0.05, 0.1) is 25.2 Å². The molecule has 1 aromatic carbocycles. The second kappa shape index (κ2) is 7.00. The summed E-state index contributed by atoms with van der Waals surface area (Å²) in [4.78, 5) is 20.4. The maximum absolute atomic E-state index is 12.1. The predicted molar refractivity (Wildman–Crippen MR) is 92.2 cm³/mol. The number of nitrogens with zero attached hydrogens (tertiary/aromatic N) is 3. The minimum atomic E-state index is -0.416. The van der Waals surface area contributed by atoms with Crippen molar-refractivity contribution in [1.29, 1.82) is 0 Å². The van der Waals surface area contributed by atoms with Gasteiger partial charge in [0.25, 0.3) is 5.91 Å². The molecule has 3 aromatic rings. The monoisotopic (exact) mass is 339 g/mol. The summed E-state index contributed by atoms with van der Waals surface area (Å²) in [5.41, 5.74) is 2.02. The van der Waals surface area contributed by atoms with Crippen molar-refractivity contribution in [3.05, 3.63) is 53.7 Å². The lowest BCUT2D eigenvalue weighted by Gasteiger charge is -2.11. The molecule has 0 unspecified atom stereocenters. The molecule has 0 radical (unpaired) electrons. The van der Waals surface area contributed by atoms with E-state index in [4.69, 9.17) is 9.26 Å². The van der Waals surface area contributed by atoms with Crippen LogP contribution < -0.4 is 15.4 Å². The van der Waals surface area contributed by atoms with E-state index in [-0.39, 0.29) is 5.69 Å². The van der Waals surface area contributed by atoms with Gasteiger partial charge in [-0.3, -0.25) is 4.79 Å². The summed E-state index contributed by atoms with van der Waals surface area (Å²) in [6, 6.07) is 7.38. The van der Waals surface area contributed by atoms with Crippen LogP contribution in [0.3, 0.4) is 0 Å². The molecule has 0 aliphatic carbocycles. The summed E-state index contributed by atoms with van der Waals surface area (Å²) in [6.45, 7) is 3.72. The van der Waals surface area contributed by atoms with Crippen molar-refractivity contribution in [2.75, 3.05) is 17.7 Å². The summed E-state index contributed by atoms with van der Waals surface area (Å²) < 4.78 is 10.2. The number of aromatic nitrogens is 3. The fraction of sp³-hybridized carbons (Fsp3) is 0.176. The lowest BCUT2D eigenvalue weighted by Crippen LogP contribution is -2.14. The normalized spacial score (nSPS) is 10.4. The summed E-state index contributed by atoms with van der Waals surface area (Å²) in [7, 11) is 1.60. The van der Waals surface area contributed by atoms with E-state index in [0.717, 1.165) is 11.3 Å². The molecular weight excluding hydrogens is 322 g/mol. The number of carbonyl (C=O) groups excluding carboxylic acids is 1. The van der Waals surface area contributed by atoms with Crippen molar-refractivity contribution < 1.29 is 14.1 Å². The molecule has 8 heteroatoms. The highest BCUT2D eigenvalue weighted by atomic mass is 16.5. The largest absolute Gasteiger partial charge is 0.495 e. The van der Waals surface area contributed by atoms with Crippen molar-refractivity contribution in [1.82, 2.24) is 15.1 Å². The molecule has 0 bridgehead atoms. The topological polar surface area (TPSA) is 102 Å². The van der Waals surface area contributed by atoms with Crippen LogP contribution in [-0.2, 0) is 0 Å². The van der Waals surface area contributed by atoms with Gasteiger partial charge in [-0.05, 0) is 31.5 Å². The van der Waals surface area contributed by atoms with Crippen LogP contribution in [0.25, 0.3) is 0 Å². The number of ether oxygens (including phenoxy) is 1. The van der Waals surface area contributed by atoms with Crippen molar-refractivity contribution in [2.24, 2.45) is 0 Å². The van der Waals surface area contributed by atoms with Gasteiger partial charge in [0.15, 0.2) is 5.82 Å². The first-order valence-corrected chi connectivity index (χ1v) is 7.53. The van der Waals surface area contributed by atoms with E-state index < -0.39 is 5.91 Å². The lowest BCUT2D eigenvalue weighted by molar-refractivity contribution is 0.102. The second-order valence-electron chi connectivity index (χ2n) is 5.39. The van der Waals surface area contributed by atoms with Gasteiger partial charge in [0, 0.05) is 6.07 Å². The number of benzene rings is 1. The number of anilines is 3. The van der Waals surface area contributed by atoms with Crippen molar-refractivity contribution in [3.8, 4) is 5.75 Å². The number of hydrogen-bond donors (Lipinski definition) is 2. The zero-order valence-electron chi connectivity index (χ0n) is 14.0. The minimum Gasteiger partial charge on any atom is -0.495 e. The maximum Gasteiger partial charge on any atom is 0.277 e. The number of rotatable bonds is 5. The van der Waals surface area contributed by atoms with E-state index in [1.807, 2.05) is 25.1 Å². The zero-order valence-corrected chi connectivity index (χ0v) is 14.0. The molecular formula is C17H17N5O3. The van der Waals surface area contributed by atoms with Crippen molar-refractivity contribution in [2.45, 2.75) is 13.8 Å². The molecule has 0 fully saturated rings. The Bertz CT molecular complexity index is 890. The van der Waals surface area contributed by atoms with Gasteiger partial charge >= 0.3 is 0 Å². The van der Waals surface area contributed by atoms with E-state index in [0.29, 0.717) is 23.1 Å². The van der Waals surface area contributed by atoms with E-state index >= 15 is 0 Å². The Hall–Kier alpha value is -3.42. The molecule has 2 heterocycles. The first kappa shape index (κ1) is 16.4. The number of nitrogens with one attached hydrogen (secondary N) is 2. The molecule has 0 saturated heterocycles. The minimum absolute atomic E-state index is 0.169. The van der Waals surface area contributed by atoms with Crippen LogP contribution in [0, 0.1) is 13.8 Å². The summed E-state index contributed by atoms with van der Waals surface area (Å²) >= 11 is 0. The standard InChI is InChI=1S/C17H17N5O3/c1-10-4-5-14(24-3)12(6-10)20-16-9-18-13(8-19-16)17(23)21-15-7-11(2)25-22-15/h4-9H,1-3H3,(H,19,20)(H,21,22,23).